The van der Waals surface area contributed by atoms with Crippen LogP contribution in [0.1, 0.15) is 11.4 Å². The third kappa shape index (κ3) is 3.87. The van der Waals surface area contributed by atoms with Crippen LogP contribution in [0.3, 0.4) is 0 Å². The summed E-state index contributed by atoms with van der Waals surface area (Å²) < 4.78 is 0. The SMILES string of the molecule is Cc1ccc[n+]([O-])n1.Cc1cccn[n+]1[O-]. The maximum Gasteiger partial charge on any atom is 0.218 e. The van der Waals surface area contributed by atoms with E-state index in [0.29, 0.717) is 15.4 Å². The minimum atomic E-state index is 0.537. The summed E-state index contributed by atoms with van der Waals surface area (Å²) in [6, 6.07) is 6.87. The summed E-state index contributed by atoms with van der Waals surface area (Å²) in [4.78, 5) is 1.12. The number of aromatic nitrogens is 4. The van der Waals surface area contributed by atoms with E-state index in [9.17, 15) is 10.4 Å². The Labute approximate surface area is 93.0 Å². The highest BCUT2D eigenvalue weighted by Crippen LogP contribution is 1.81. The van der Waals surface area contributed by atoms with Crippen LogP contribution in [0.25, 0.3) is 0 Å². The Balaban J connectivity index is 0.000000160. The molecular formula is C10H12N4O2. The van der Waals surface area contributed by atoms with E-state index in [1.165, 1.54) is 12.4 Å². The smallest absolute Gasteiger partial charge is 0.218 e. The van der Waals surface area contributed by atoms with Crippen molar-refractivity contribution in [3.05, 3.63) is 58.5 Å². The van der Waals surface area contributed by atoms with Gasteiger partial charge in [-0.15, -0.1) is 0 Å². The molecule has 0 N–H and O–H groups in total. The molecule has 0 aliphatic carbocycles. The fourth-order valence-electron chi connectivity index (χ4n) is 0.914. The van der Waals surface area contributed by atoms with Crippen LogP contribution in [0.2, 0.25) is 0 Å². The van der Waals surface area contributed by atoms with Gasteiger partial charge in [0.2, 0.25) is 11.9 Å². The predicted molar refractivity (Wildman–Crippen MR) is 55.9 cm³/mol. The molecule has 0 saturated carbocycles. The Kier molecular flexibility index (Phi) is 4.14. The van der Waals surface area contributed by atoms with Gasteiger partial charge in [-0.05, 0) is 19.1 Å². The first-order valence-electron chi connectivity index (χ1n) is 4.64. The highest BCUT2D eigenvalue weighted by Gasteiger charge is 1.91. The third-order valence-corrected chi connectivity index (χ3v) is 1.70. The molecule has 0 saturated heterocycles. The molecule has 0 unspecified atom stereocenters. The molecule has 6 heteroatoms. The van der Waals surface area contributed by atoms with Crippen molar-refractivity contribution in [2.24, 2.45) is 0 Å². The average Bonchev–Trinajstić information content (AvgIpc) is 2.23. The Morgan fingerprint density at radius 2 is 1.88 bits per heavy atom. The highest BCUT2D eigenvalue weighted by atomic mass is 16.5. The lowest BCUT2D eigenvalue weighted by Gasteiger charge is -1.91. The average molecular weight is 220 g/mol. The lowest BCUT2D eigenvalue weighted by atomic mass is 10.4. The molecular weight excluding hydrogens is 208 g/mol. The van der Waals surface area contributed by atoms with E-state index in [4.69, 9.17) is 0 Å². The van der Waals surface area contributed by atoms with Crippen molar-refractivity contribution in [1.82, 2.24) is 10.2 Å². The Hall–Kier alpha value is -2.24. The van der Waals surface area contributed by atoms with Crippen LogP contribution in [0.15, 0.2) is 36.7 Å². The molecule has 0 aromatic carbocycles. The fraction of sp³-hybridized carbons (Fsp3) is 0.200. The zero-order valence-corrected chi connectivity index (χ0v) is 9.07. The van der Waals surface area contributed by atoms with E-state index in [2.05, 4.69) is 10.2 Å². The Morgan fingerprint density at radius 3 is 2.25 bits per heavy atom. The number of nitrogens with zero attached hydrogens (tertiary/aromatic N) is 4. The number of hydrogen-bond acceptors (Lipinski definition) is 4. The number of aryl methyl sites for hydroxylation is 2. The molecule has 2 aromatic rings. The summed E-state index contributed by atoms with van der Waals surface area (Å²) in [6.45, 7) is 3.48. The first kappa shape index (κ1) is 11.8. The molecule has 2 heterocycles. The summed E-state index contributed by atoms with van der Waals surface area (Å²) >= 11 is 0. The second kappa shape index (κ2) is 5.59. The van der Waals surface area contributed by atoms with Crippen molar-refractivity contribution in [3.8, 4) is 0 Å². The van der Waals surface area contributed by atoms with Crippen molar-refractivity contribution < 1.29 is 9.69 Å². The molecule has 0 spiro atoms. The maximum atomic E-state index is 10.4. The van der Waals surface area contributed by atoms with Crippen LogP contribution in [-0.4, -0.2) is 10.2 Å². The van der Waals surface area contributed by atoms with Crippen molar-refractivity contribution in [1.29, 1.82) is 0 Å². The topological polar surface area (TPSA) is 79.7 Å². The van der Waals surface area contributed by atoms with Crippen LogP contribution in [0, 0.1) is 24.3 Å². The molecule has 0 radical (unpaired) electrons. The van der Waals surface area contributed by atoms with E-state index < -0.39 is 0 Å². The Bertz CT molecular complexity index is 424. The fourth-order valence-corrected chi connectivity index (χ4v) is 0.914. The van der Waals surface area contributed by atoms with E-state index in [-0.39, 0.29) is 0 Å². The molecule has 0 amide bonds. The van der Waals surface area contributed by atoms with Crippen LogP contribution in [0.5, 0.6) is 0 Å². The van der Waals surface area contributed by atoms with E-state index in [1.807, 2.05) is 0 Å². The Morgan fingerprint density at radius 1 is 1.12 bits per heavy atom. The van der Waals surface area contributed by atoms with Gasteiger partial charge in [0.05, 0.1) is 6.20 Å². The highest BCUT2D eigenvalue weighted by molar-refractivity contribution is 4.92. The summed E-state index contributed by atoms with van der Waals surface area (Å²) in [5.41, 5.74) is 1.36. The zero-order chi connectivity index (χ0) is 12.0. The van der Waals surface area contributed by atoms with Crippen molar-refractivity contribution in [3.63, 3.8) is 0 Å². The van der Waals surface area contributed by atoms with Gasteiger partial charge in [-0.2, -0.15) is 0 Å². The first-order chi connectivity index (χ1) is 7.59. The van der Waals surface area contributed by atoms with Crippen LogP contribution in [-0.2, 0) is 0 Å². The molecule has 84 valence electrons. The van der Waals surface area contributed by atoms with Gasteiger partial charge in [-0.1, -0.05) is 9.69 Å². The summed E-state index contributed by atoms with van der Waals surface area (Å²) in [7, 11) is 0. The molecule has 0 atom stereocenters. The number of rotatable bonds is 0. The van der Waals surface area contributed by atoms with Gasteiger partial charge in [0.25, 0.3) is 0 Å². The summed E-state index contributed by atoms with van der Waals surface area (Å²) in [5, 5.41) is 27.7. The predicted octanol–water partition coefficient (Wildman–Crippen LogP) is 0.0468. The van der Waals surface area contributed by atoms with Crippen LogP contribution in [0.4, 0.5) is 0 Å². The minimum absolute atomic E-state index is 0.537. The van der Waals surface area contributed by atoms with Crippen molar-refractivity contribution >= 4 is 0 Å². The van der Waals surface area contributed by atoms with Gasteiger partial charge in [0.1, 0.15) is 5.69 Å². The second-order valence-corrected chi connectivity index (χ2v) is 3.09. The van der Waals surface area contributed by atoms with E-state index >= 15 is 0 Å². The number of hydrogen-bond donors (Lipinski definition) is 0. The van der Waals surface area contributed by atoms with Gasteiger partial charge in [0, 0.05) is 29.3 Å². The normalized spacial score (nSPS) is 9.12. The molecule has 0 bridgehead atoms. The minimum Gasteiger partial charge on any atom is -0.594 e. The summed E-state index contributed by atoms with van der Waals surface area (Å²) in [5.74, 6) is 0. The first-order valence-corrected chi connectivity index (χ1v) is 4.64. The lowest BCUT2D eigenvalue weighted by molar-refractivity contribution is -0.675. The van der Waals surface area contributed by atoms with Crippen LogP contribution < -0.4 is 9.69 Å². The lowest BCUT2D eigenvalue weighted by Crippen LogP contribution is -2.33. The van der Waals surface area contributed by atoms with Crippen molar-refractivity contribution in [2.45, 2.75) is 13.8 Å². The monoisotopic (exact) mass is 220 g/mol. The second-order valence-electron chi connectivity index (χ2n) is 3.09. The standard InChI is InChI=1S/2C5H6N2O/c1-5-3-2-4-7(8)6-5;1-5-3-2-4-6-7(5)8/h2*2-4H,1H3. The van der Waals surface area contributed by atoms with Crippen molar-refractivity contribution in [2.75, 3.05) is 0 Å². The molecule has 0 aliphatic rings. The third-order valence-electron chi connectivity index (χ3n) is 1.70. The largest absolute Gasteiger partial charge is 0.594 e. The molecule has 6 nitrogen and oxygen atoms in total. The van der Waals surface area contributed by atoms with Gasteiger partial charge < -0.3 is 10.4 Å². The van der Waals surface area contributed by atoms with Gasteiger partial charge in [-0.25, -0.2) is 0 Å². The molecule has 0 aliphatic heterocycles. The molecule has 2 rings (SSSR count). The summed E-state index contributed by atoms with van der Waals surface area (Å²) in [6.07, 6.45) is 2.81. The molecule has 0 fully saturated rings. The maximum absolute atomic E-state index is 10.4. The van der Waals surface area contributed by atoms with E-state index in [0.717, 1.165) is 5.69 Å². The zero-order valence-electron chi connectivity index (χ0n) is 9.07. The van der Waals surface area contributed by atoms with Crippen LogP contribution >= 0.6 is 0 Å². The quantitative estimate of drug-likeness (QED) is 0.464. The van der Waals surface area contributed by atoms with E-state index in [1.54, 1.807) is 38.1 Å². The van der Waals surface area contributed by atoms with Gasteiger partial charge >= 0.3 is 0 Å². The van der Waals surface area contributed by atoms with Gasteiger partial charge in [-0.3, -0.25) is 0 Å². The van der Waals surface area contributed by atoms with Gasteiger partial charge in [0.15, 0.2) is 0 Å². The molecule has 16 heavy (non-hydrogen) atoms. The molecule has 2 aromatic heterocycles.